The third kappa shape index (κ3) is 5.26. The molecule has 1 atom stereocenters. The summed E-state index contributed by atoms with van der Waals surface area (Å²) in [5, 5.41) is 9.25. The minimum absolute atomic E-state index is 0.197. The van der Waals surface area contributed by atoms with E-state index in [0.717, 1.165) is 22.4 Å². The lowest BCUT2D eigenvalue weighted by atomic mass is 9.95. The molecule has 0 amide bonds. The van der Waals surface area contributed by atoms with Gasteiger partial charge < -0.3 is 19.2 Å². The van der Waals surface area contributed by atoms with E-state index in [0.29, 0.717) is 32.1 Å². The molecule has 1 aliphatic heterocycles. The number of thiazole rings is 1. The number of nitrogens with zero attached hydrogens (tertiary/aromatic N) is 3. The maximum absolute atomic E-state index is 13.8. The van der Waals surface area contributed by atoms with Crippen LogP contribution in [0.25, 0.3) is 17.4 Å². The lowest BCUT2D eigenvalue weighted by molar-refractivity contribution is -0.139. The van der Waals surface area contributed by atoms with Crippen molar-refractivity contribution in [3.63, 3.8) is 0 Å². The summed E-state index contributed by atoms with van der Waals surface area (Å²) in [5.41, 5.74) is 3.98. The van der Waals surface area contributed by atoms with Crippen LogP contribution in [0.15, 0.2) is 80.1 Å². The fourth-order valence-electron chi connectivity index (χ4n) is 4.84. The van der Waals surface area contributed by atoms with Crippen molar-refractivity contribution in [2.45, 2.75) is 26.8 Å². The first-order chi connectivity index (χ1) is 19.6. The molecule has 0 bridgehead atoms. The molecular weight excluding hydrogens is 542 g/mol. The van der Waals surface area contributed by atoms with E-state index in [-0.39, 0.29) is 17.7 Å². The Hall–Kier alpha value is -4.70. The lowest BCUT2D eigenvalue weighted by Gasteiger charge is -2.25. The molecule has 1 N–H and O–H groups in total. The van der Waals surface area contributed by atoms with Gasteiger partial charge in [-0.1, -0.05) is 29.5 Å². The van der Waals surface area contributed by atoms with Crippen molar-refractivity contribution in [3.8, 4) is 11.3 Å². The van der Waals surface area contributed by atoms with Crippen LogP contribution in [0.5, 0.6) is 0 Å². The molecule has 210 valence electrons. The summed E-state index contributed by atoms with van der Waals surface area (Å²) in [6.07, 6.45) is 1.66. The fourth-order valence-corrected chi connectivity index (χ4v) is 5.87. The van der Waals surface area contributed by atoms with E-state index in [2.05, 4.69) is 4.99 Å². The van der Waals surface area contributed by atoms with Crippen LogP contribution in [0.2, 0.25) is 0 Å². The Morgan fingerprint density at radius 2 is 1.85 bits per heavy atom. The zero-order valence-corrected chi connectivity index (χ0v) is 24.1. The monoisotopic (exact) mass is 571 g/mol. The Bertz CT molecular complexity index is 1880. The lowest BCUT2D eigenvalue weighted by Crippen LogP contribution is -2.39. The number of furan rings is 1. The Morgan fingerprint density at radius 3 is 2.49 bits per heavy atom. The number of hydrogen-bond donors (Lipinski definition) is 1. The fraction of sp³-hybridized carbons (Fsp3) is 0.226. The third-order valence-electron chi connectivity index (χ3n) is 6.88. The highest BCUT2D eigenvalue weighted by atomic mass is 32.1. The Morgan fingerprint density at radius 1 is 1.12 bits per heavy atom. The number of aromatic carboxylic acids is 1. The van der Waals surface area contributed by atoms with Gasteiger partial charge in [-0.25, -0.2) is 14.6 Å². The number of hydrogen-bond acceptors (Lipinski definition) is 8. The van der Waals surface area contributed by atoms with Crippen LogP contribution in [-0.4, -0.2) is 42.3 Å². The molecule has 3 heterocycles. The average molecular weight is 572 g/mol. The van der Waals surface area contributed by atoms with Crippen molar-refractivity contribution in [1.82, 2.24) is 4.57 Å². The maximum atomic E-state index is 13.8. The van der Waals surface area contributed by atoms with E-state index >= 15 is 0 Å². The Kier molecular flexibility index (Phi) is 7.51. The quantitative estimate of drug-likeness (QED) is 0.332. The van der Waals surface area contributed by atoms with E-state index < -0.39 is 18.0 Å². The summed E-state index contributed by atoms with van der Waals surface area (Å²) in [6.45, 7) is 5.51. The number of aromatic nitrogens is 1. The molecule has 0 fully saturated rings. The van der Waals surface area contributed by atoms with Gasteiger partial charge in [-0.3, -0.25) is 9.36 Å². The molecule has 9 nitrogen and oxygen atoms in total. The van der Waals surface area contributed by atoms with Crippen LogP contribution < -0.4 is 19.8 Å². The summed E-state index contributed by atoms with van der Waals surface area (Å²) < 4.78 is 13.3. The average Bonchev–Trinajstić information content (AvgIpc) is 3.52. The number of esters is 1. The van der Waals surface area contributed by atoms with Gasteiger partial charge >= 0.3 is 11.9 Å². The second-order valence-corrected chi connectivity index (χ2v) is 10.8. The van der Waals surface area contributed by atoms with Gasteiger partial charge in [-0.15, -0.1) is 0 Å². The molecule has 0 saturated carbocycles. The number of carboxylic acid groups (broad SMARTS) is 1. The summed E-state index contributed by atoms with van der Waals surface area (Å²) in [4.78, 5) is 45.3. The first-order valence-corrected chi connectivity index (χ1v) is 13.8. The molecule has 41 heavy (non-hydrogen) atoms. The number of carboxylic acids is 1. The maximum Gasteiger partial charge on any atom is 0.338 e. The van der Waals surface area contributed by atoms with Crippen molar-refractivity contribution in [3.05, 3.63) is 108 Å². The molecule has 0 unspecified atom stereocenters. The number of ether oxygens (including phenoxy) is 1. The smallest absolute Gasteiger partial charge is 0.338 e. The van der Waals surface area contributed by atoms with Crippen molar-refractivity contribution in [1.29, 1.82) is 0 Å². The number of carbonyl (C=O) groups excluding carboxylic acids is 1. The molecule has 0 radical (unpaired) electrons. The molecule has 1 aliphatic rings. The standard InChI is InChI=1S/C31H29N3O6S/c1-6-39-30(38)26-18(3)32-31-34(27(26)19-7-10-21(11-8-19)33(4)5)28(35)25(41-31)16-22-12-14-24(40-22)23-13-9-20(29(36)37)15-17(23)2/h7-16,27H,6H2,1-5H3,(H,36,37)/b25-16-/t27-/m0/s1. The molecule has 0 spiro atoms. The van der Waals surface area contributed by atoms with Gasteiger partial charge in [0.1, 0.15) is 11.5 Å². The number of benzene rings is 2. The Balaban J connectivity index is 1.60. The highest BCUT2D eigenvalue weighted by Crippen LogP contribution is 2.32. The van der Waals surface area contributed by atoms with E-state index in [1.807, 2.05) is 50.2 Å². The SMILES string of the molecule is CCOC(=O)C1=C(C)N=c2s/c(=C\c3ccc(-c4ccc(C(=O)O)cc4C)o3)c(=O)n2[C@H]1c1ccc(N(C)C)cc1. The number of allylic oxidation sites excluding steroid dienone is 1. The Labute approximate surface area is 240 Å². The molecule has 2 aromatic heterocycles. The van der Waals surface area contributed by atoms with Crippen molar-refractivity contribution >= 4 is 35.0 Å². The summed E-state index contributed by atoms with van der Waals surface area (Å²) in [5.74, 6) is -0.494. The first kappa shape index (κ1) is 27.9. The van der Waals surface area contributed by atoms with Gasteiger partial charge in [0, 0.05) is 31.4 Å². The minimum atomic E-state index is -0.997. The van der Waals surface area contributed by atoms with Crippen molar-refractivity contribution < 1.29 is 23.8 Å². The predicted molar refractivity (Wildman–Crippen MR) is 157 cm³/mol. The number of rotatable bonds is 7. The molecule has 0 saturated heterocycles. The van der Waals surface area contributed by atoms with E-state index in [1.165, 1.54) is 17.4 Å². The zero-order valence-electron chi connectivity index (χ0n) is 23.3. The second kappa shape index (κ2) is 11.1. The summed E-state index contributed by atoms with van der Waals surface area (Å²) in [6, 6.07) is 15.4. The molecule has 0 aliphatic carbocycles. The van der Waals surface area contributed by atoms with Crippen molar-refractivity contribution in [2.24, 2.45) is 4.99 Å². The second-order valence-electron chi connectivity index (χ2n) is 9.83. The third-order valence-corrected chi connectivity index (χ3v) is 7.86. The normalized spacial score (nSPS) is 15.0. The number of aryl methyl sites for hydroxylation is 1. The molecular formula is C31H29N3O6S. The van der Waals surface area contributed by atoms with Crippen LogP contribution in [0, 0.1) is 6.92 Å². The van der Waals surface area contributed by atoms with Crippen LogP contribution in [0.3, 0.4) is 0 Å². The van der Waals surface area contributed by atoms with Gasteiger partial charge in [0.05, 0.1) is 34.0 Å². The minimum Gasteiger partial charge on any atom is -0.478 e. The summed E-state index contributed by atoms with van der Waals surface area (Å²) in [7, 11) is 3.89. The van der Waals surface area contributed by atoms with E-state index in [9.17, 15) is 19.5 Å². The molecule has 2 aromatic carbocycles. The number of carbonyl (C=O) groups is 2. The van der Waals surface area contributed by atoms with Crippen LogP contribution in [0.4, 0.5) is 5.69 Å². The molecule has 5 rings (SSSR count). The van der Waals surface area contributed by atoms with Crippen LogP contribution >= 0.6 is 11.3 Å². The van der Waals surface area contributed by atoms with Crippen LogP contribution in [0.1, 0.15) is 47.1 Å². The largest absolute Gasteiger partial charge is 0.478 e. The zero-order chi connectivity index (χ0) is 29.4. The van der Waals surface area contributed by atoms with Crippen LogP contribution in [-0.2, 0) is 9.53 Å². The topological polar surface area (TPSA) is 114 Å². The van der Waals surface area contributed by atoms with E-state index in [4.69, 9.17) is 9.15 Å². The van der Waals surface area contributed by atoms with E-state index in [1.54, 1.807) is 48.8 Å². The highest BCUT2D eigenvalue weighted by molar-refractivity contribution is 7.07. The predicted octanol–water partition coefficient (Wildman–Crippen LogP) is 4.13. The van der Waals surface area contributed by atoms with Gasteiger partial charge in [-0.2, -0.15) is 0 Å². The first-order valence-electron chi connectivity index (χ1n) is 13.0. The number of fused-ring (bicyclic) bond motifs is 1. The summed E-state index contributed by atoms with van der Waals surface area (Å²) >= 11 is 1.22. The van der Waals surface area contributed by atoms with Gasteiger partial charge in [-0.05, 0) is 68.3 Å². The molecule has 10 heteroatoms. The molecule has 4 aromatic rings. The van der Waals surface area contributed by atoms with Crippen molar-refractivity contribution in [2.75, 3.05) is 25.6 Å². The van der Waals surface area contributed by atoms with Gasteiger partial charge in [0.2, 0.25) is 0 Å². The number of anilines is 1. The highest BCUT2D eigenvalue weighted by Gasteiger charge is 2.33. The van der Waals surface area contributed by atoms with Gasteiger partial charge in [0.25, 0.3) is 5.56 Å². The van der Waals surface area contributed by atoms with Gasteiger partial charge in [0.15, 0.2) is 4.80 Å².